The summed E-state index contributed by atoms with van der Waals surface area (Å²) >= 11 is 0. The highest BCUT2D eigenvalue weighted by atomic mass is 16.5. The Morgan fingerprint density at radius 3 is 2.42 bits per heavy atom. The van der Waals surface area contributed by atoms with Crippen LogP contribution in [0.15, 0.2) is 0 Å². The number of piperidine rings is 1. The molecule has 6 heteroatoms. The maximum atomic E-state index is 12.7. The number of likely N-dealkylation sites (tertiary alicyclic amines) is 2. The lowest BCUT2D eigenvalue weighted by Gasteiger charge is -2.40. The van der Waals surface area contributed by atoms with Crippen LogP contribution in [0.4, 0.5) is 0 Å². The maximum Gasteiger partial charge on any atom is 0.227 e. The molecule has 0 saturated carbocycles. The summed E-state index contributed by atoms with van der Waals surface area (Å²) in [6.07, 6.45) is 2.65. The Hall–Kier alpha value is -1.14. The lowest BCUT2D eigenvalue weighted by molar-refractivity contribution is -0.142. The van der Waals surface area contributed by atoms with E-state index in [9.17, 15) is 9.59 Å². The van der Waals surface area contributed by atoms with Crippen molar-refractivity contribution in [3.8, 4) is 0 Å². The number of fused-ring (bicyclic) bond motifs is 1. The minimum atomic E-state index is -0.322. The summed E-state index contributed by atoms with van der Waals surface area (Å²) in [6.45, 7) is 13.7. The van der Waals surface area contributed by atoms with Gasteiger partial charge in [0.2, 0.25) is 11.8 Å². The van der Waals surface area contributed by atoms with E-state index in [4.69, 9.17) is 4.74 Å². The Labute approximate surface area is 157 Å². The first-order chi connectivity index (χ1) is 12.3. The molecule has 3 fully saturated rings. The van der Waals surface area contributed by atoms with Gasteiger partial charge in [-0.15, -0.1) is 0 Å². The molecule has 2 unspecified atom stereocenters. The van der Waals surface area contributed by atoms with Gasteiger partial charge in [0.05, 0.1) is 13.2 Å². The SMILES string of the molecule is CC(C)(C)C(=O)N1CCC2CC(=O)N(CCN3CCOCC3)CCC2C1. The Bertz CT molecular complexity index is 511. The average molecular weight is 366 g/mol. The summed E-state index contributed by atoms with van der Waals surface area (Å²) in [4.78, 5) is 31.8. The van der Waals surface area contributed by atoms with Crippen molar-refractivity contribution >= 4 is 11.8 Å². The molecule has 3 aliphatic rings. The van der Waals surface area contributed by atoms with E-state index in [1.165, 1.54) is 0 Å². The first kappa shape index (κ1) is 19.6. The van der Waals surface area contributed by atoms with Gasteiger partial charge in [0.1, 0.15) is 0 Å². The molecule has 0 aromatic rings. The van der Waals surface area contributed by atoms with E-state index in [-0.39, 0.29) is 11.3 Å². The Balaban J connectivity index is 1.53. The van der Waals surface area contributed by atoms with Gasteiger partial charge in [0.15, 0.2) is 0 Å². The molecule has 3 saturated heterocycles. The molecule has 0 spiro atoms. The van der Waals surface area contributed by atoms with E-state index in [2.05, 4.69) is 9.80 Å². The third-order valence-electron chi connectivity index (χ3n) is 6.17. The highest BCUT2D eigenvalue weighted by molar-refractivity contribution is 5.81. The molecular weight excluding hydrogens is 330 g/mol. The van der Waals surface area contributed by atoms with Crippen LogP contribution < -0.4 is 0 Å². The monoisotopic (exact) mass is 365 g/mol. The number of nitrogens with zero attached hydrogens (tertiary/aromatic N) is 3. The quantitative estimate of drug-likeness (QED) is 0.760. The number of carbonyl (C=O) groups is 2. The van der Waals surface area contributed by atoms with Gasteiger partial charge in [-0.05, 0) is 24.7 Å². The highest BCUT2D eigenvalue weighted by Gasteiger charge is 2.38. The summed E-state index contributed by atoms with van der Waals surface area (Å²) in [7, 11) is 0. The average Bonchev–Trinajstić information content (AvgIpc) is 2.77. The minimum Gasteiger partial charge on any atom is -0.379 e. The minimum absolute atomic E-state index is 0.246. The molecule has 2 atom stereocenters. The number of rotatable bonds is 3. The predicted octanol–water partition coefficient (Wildman–Crippen LogP) is 1.45. The number of hydrogen-bond acceptors (Lipinski definition) is 4. The van der Waals surface area contributed by atoms with Crippen molar-refractivity contribution in [3.05, 3.63) is 0 Å². The molecule has 26 heavy (non-hydrogen) atoms. The fourth-order valence-electron chi connectivity index (χ4n) is 4.46. The van der Waals surface area contributed by atoms with Crippen molar-refractivity contribution in [2.24, 2.45) is 17.3 Å². The van der Waals surface area contributed by atoms with Crippen LogP contribution >= 0.6 is 0 Å². The van der Waals surface area contributed by atoms with Crippen LogP contribution in [0.2, 0.25) is 0 Å². The number of carbonyl (C=O) groups excluding carboxylic acids is 2. The molecule has 2 amide bonds. The maximum absolute atomic E-state index is 12.7. The molecule has 3 heterocycles. The van der Waals surface area contributed by atoms with Gasteiger partial charge < -0.3 is 14.5 Å². The van der Waals surface area contributed by atoms with Crippen molar-refractivity contribution in [3.63, 3.8) is 0 Å². The Morgan fingerprint density at radius 2 is 1.73 bits per heavy atom. The van der Waals surface area contributed by atoms with E-state index in [0.29, 0.717) is 24.2 Å². The summed E-state index contributed by atoms with van der Waals surface area (Å²) < 4.78 is 5.40. The van der Waals surface area contributed by atoms with Gasteiger partial charge in [-0.3, -0.25) is 14.5 Å². The third kappa shape index (κ3) is 4.77. The van der Waals surface area contributed by atoms with Gasteiger partial charge in [-0.1, -0.05) is 20.8 Å². The van der Waals surface area contributed by atoms with Crippen LogP contribution in [0.1, 0.15) is 40.0 Å². The molecule has 3 rings (SSSR count). The van der Waals surface area contributed by atoms with Gasteiger partial charge in [0, 0.05) is 57.6 Å². The van der Waals surface area contributed by atoms with E-state index >= 15 is 0 Å². The van der Waals surface area contributed by atoms with Crippen LogP contribution in [0, 0.1) is 17.3 Å². The normalized spacial score (nSPS) is 28.7. The second kappa shape index (κ2) is 8.26. The molecule has 3 aliphatic heterocycles. The fraction of sp³-hybridized carbons (Fsp3) is 0.900. The standard InChI is InChI=1S/C20H35N3O3/c1-20(2,3)19(25)23-7-4-16-14-18(24)22(6-5-17(16)15-23)9-8-21-10-12-26-13-11-21/h16-17H,4-15H2,1-3H3. The lowest BCUT2D eigenvalue weighted by atomic mass is 9.81. The summed E-state index contributed by atoms with van der Waals surface area (Å²) in [5.41, 5.74) is -0.322. The Morgan fingerprint density at radius 1 is 1.04 bits per heavy atom. The van der Waals surface area contributed by atoms with Crippen LogP contribution in [0.25, 0.3) is 0 Å². The molecular formula is C20H35N3O3. The molecule has 0 aliphatic carbocycles. The third-order valence-corrected chi connectivity index (χ3v) is 6.17. The van der Waals surface area contributed by atoms with Crippen molar-refractivity contribution in [1.82, 2.24) is 14.7 Å². The van der Waals surface area contributed by atoms with Crippen molar-refractivity contribution < 1.29 is 14.3 Å². The van der Waals surface area contributed by atoms with Crippen LogP contribution in [-0.4, -0.2) is 85.5 Å². The second-order valence-corrected chi connectivity index (χ2v) is 9.14. The molecule has 0 aromatic heterocycles. The van der Waals surface area contributed by atoms with Gasteiger partial charge in [0.25, 0.3) is 0 Å². The zero-order chi connectivity index (χ0) is 18.7. The summed E-state index contributed by atoms with van der Waals surface area (Å²) in [5.74, 6) is 1.46. The van der Waals surface area contributed by atoms with Crippen LogP contribution in [0.5, 0.6) is 0 Å². The largest absolute Gasteiger partial charge is 0.379 e. The van der Waals surface area contributed by atoms with Crippen LogP contribution in [0.3, 0.4) is 0 Å². The first-order valence-electron chi connectivity index (χ1n) is 10.2. The fourth-order valence-corrected chi connectivity index (χ4v) is 4.46. The van der Waals surface area contributed by atoms with E-state index < -0.39 is 0 Å². The van der Waals surface area contributed by atoms with Gasteiger partial charge in [-0.25, -0.2) is 0 Å². The number of hydrogen-bond donors (Lipinski definition) is 0. The number of morpholine rings is 1. The highest BCUT2D eigenvalue weighted by Crippen LogP contribution is 2.34. The molecule has 0 N–H and O–H groups in total. The Kier molecular flexibility index (Phi) is 6.23. The molecule has 0 aromatic carbocycles. The van der Waals surface area contributed by atoms with Crippen molar-refractivity contribution in [2.45, 2.75) is 40.0 Å². The van der Waals surface area contributed by atoms with Gasteiger partial charge in [-0.2, -0.15) is 0 Å². The topological polar surface area (TPSA) is 53.1 Å². The van der Waals surface area contributed by atoms with Crippen molar-refractivity contribution in [1.29, 1.82) is 0 Å². The number of ether oxygens (including phenoxy) is 1. The van der Waals surface area contributed by atoms with Gasteiger partial charge >= 0.3 is 0 Å². The number of amides is 2. The smallest absolute Gasteiger partial charge is 0.227 e. The van der Waals surface area contributed by atoms with E-state index in [1.807, 2.05) is 25.7 Å². The zero-order valence-electron chi connectivity index (χ0n) is 16.7. The first-order valence-corrected chi connectivity index (χ1v) is 10.2. The van der Waals surface area contributed by atoms with Crippen molar-refractivity contribution in [2.75, 3.05) is 59.0 Å². The van der Waals surface area contributed by atoms with E-state index in [1.54, 1.807) is 0 Å². The molecule has 6 nitrogen and oxygen atoms in total. The summed E-state index contributed by atoms with van der Waals surface area (Å²) in [6, 6.07) is 0. The van der Waals surface area contributed by atoms with E-state index in [0.717, 1.165) is 71.9 Å². The predicted molar refractivity (Wildman–Crippen MR) is 101 cm³/mol. The zero-order valence-corrected chi connectivity index (χ0v) is 16.7. The molecule has 0 bridgehead atoms. The lowest BCUT2D eigenvalue weighted by Crippen LogP contribution is -2.47. The summed E-state index contributed by atoms with van der Waals surface area (Å²) in [5, 5.41) is 0. The molecule has 0 radical (unpaired) electrons. The van der Waals surface area contributed by atoms with Crippen LogP contribution in [-0.2, 0) is 14.3 Å². The second-order valence-electron chi connectivity index (χ2n) is 9.14. The molecule has 148 valence electrons.